The molecule has 8 rings (SSSR count). The zero-order valence-corrected chi connectivity index (χ0v) is 46.1. The Balaban J connectivity index is 1.59. The lowest BCUT2D eigenvalue weighted by Crippen LogP contribution is -2.73. The lowest BCUT2D eigenvalue weighted by Gasteiger charge is -2.59. The number of aliphatic hydroxyl groups is 7. The molecule has 1 aliphatic carbocycles. The highest BCUT2D eigenvalue weighted by atomic mass is 16.4. The van der Waals surface area contributed by atoms with E-state index in [-0.39, 0.29) is 69.6 Å². The number of aliphatic hydroxyl groups excluding tert-OH is 6. The molecular formula is C64H88N2O12. The van der Waals surface area contributed by atoms with E-state index in [4.69, 9.17) is 0 Å². The molecule has 14 nitrogen and oxygen atoms in total. The second-order valence-electron chi connectivity index (χ2n) is 23.5. The number of fused-ring (bicyclic) bond motifs is 6. The van der Waals surface area contributed by atoms with Gasteiger partial charge in [-0.05, 0) is 166 Å². The summed E-state index contributed by atoms with van der Waals surface area (Å²) in [6.07, 6.45) is 5.12. The zero-order valence-electron chi connectivity index (χ0n) is 46.1. The van der Waals surface area contributed by atoms with E-state index in [1.54, 1.807) is 24.3 Å². The second kappa shape index (κ2) is 27.5. The summed E-state index contributed by atoms with van der Waals surface area (Å²) >= 11 is 0. The van der Waals surface area contributed by atoms with E-state index < -0.39 is 89.5 Å². The number of phenols is 1. The summed E-state index contributed by atoms with van der Waals surface area (Å²) in [6.45, 7) is 5.27. The van der Waals surface area contributed by atoms with Gasteiger partial charge in [-0.25, -0.2) is 0 Å². The number of aromatic hydroxyl groups is 1. The third-order valence-electron chi connectivity index (χ3n) is 18.3. The predicted octanol–water partition coefficient (Wildman–Crippen LogP) is 7.10. The summed E-state index contributed by atoms with van der Waals surface area (Å²) in [5.74, 6) is 3.82. The molecule has 1 saturated carbocycles. The Morgan fingerprint density at radius 2 is 1.64 bits per heavy atom. The van der Waals surface area contributed by atoms with Crippen LogP contribution in [0.15, 0.2) is 90.0 Å². The van der Waals surface area contributed by atoms with Crippen LogP contribution in [0.2, 0.25) is 0 Å². The van der Waals surface area contributed by atoms with E-state index >= 15 is 0 Å². The molecule has 0 amide bonds. The third kappa shape index (κ3) is 14.5. The summed E-state index contributed by atoms with van der Waals surface area (Å²) in [7, 11) is 0. The normalized spacial score (nSPS) is 29.0. The van der Waals surface area contributed by atoms with Gasteiger partial charge < -0.3 is 61.7 Å². The summed E-state index contributed by atoms with van der Waals surface area (Å²) in [5, 5.41) is 124. The van der Waals surface area contributed by atoms with E-state index in [2.05, 4.69) is 22.5 Å². The molecule has 3 aromatic rings. The fourth-order valence-corrected chi connectivity index (χ4v) is 13.8. The van der Waals surface area contributed by atoms with Crippen LogP contribution in [0.25, 0.3) is 0 Å². The summed E-state index contributed by atoms with van der Waals surface area (Å²) in [6, 6.07) is 19.0. The van der Waals surface area contributed by atoms with Crippen molar-refractivity contribution in [2.45, 2.75) is 221 Å². The first kappa shape index (κ1) is 60.7. The van der Waals surface area contributed by atoms with E-state index in [1.165, 1.54) is 0 Å². The number of carboxylic acids is 2. The van der Waals surface area contributed by atoms with Crippen molar-refractivity contribution in [1.82, 2.24) is 10.6 Å². The lowest BCUT2D eigenvalue weighted by molar-refractivity contribution is -0.140. The van der Waals surface area contributed by atoms with Gasteiger partial charge in [0.15, 0.2) is 0 Å². The van der Waals surface area contributed by atoms with Crippen LogP contribution in [-0.4, -0.2) is 129 Å². The SMILES string of the molecule is CCCC[C@H](O)[C@H](O)/C=C/C1=C(\C[C@H](O)CO)[C@H]2CC[C@@H](O)[C@@H]3N[C@H](C)CC[C@H]([C@H]3CC(=O)O)[C@H](O)Cc3ccc(cc3CCC(=O)O)C[C@@]([C@@](C)(O)C3(c4ccc(O)cc4)CCCCC3)(CC#Cc3ccccc3CC1)N2. The Labute approximate surface area is 461 Å². The maximum atomic E-state index is 14.6. The lowest BCUT2D eigenvalue weighted by atomic mass is 9.52. The number of aliphatic carboxylic acids is 2. The molecule has 0 aromatic heterocycles. The van der Waals surface area contributed by atoms with Gasteiger partial charge in [0.2, 0.25) is 0 Å². The van der Waals surface area contributed by atoms with Crippen molar-refractivity contribution < 1.29 is 60.7 Å². The largest absolute Gasteiger partial charge is 0.508 e. The van der Waals surface area contributed by atoms with E-state index in [0.29, 0.717) is 73.6 Å². The van der Waals surface area contributed by atoms with Crippen molar-refractivity contribution in [3.63, 3.8) is 0 Å². The highest BCUT2D eigenvalue weighted by Gasteiger charge is 2.60. The molecular weight excluding hydrogens is 989 g/mol. The van der Waals surface area contributed by atoms with Crippen molar-refractivity contribution in [2.75, 3.05) is 6.61 Å². The quantitative estimate of drug-likeness (QED) is 0.0602. The molecule has 426 valence electrons. The molecule has 4 heterocycles. The average Bonchev–Trinajstić information content (AvgIpc) is 3.77. The highest BCUT2D eigenvalue weighted by molar-refractivity contribution is 5.67. The van der Waals surface area contributed by atoms with Gasteiger partial charge in [-0.15, -0.1) is 0 Å². The Hall–Kier alpha value is -4.92. The van der Waals surface area contributed by atoms with Crippen LogP contribution in [0, 0.1) is 23.7 Å². The molecule has 0 unspecified atom stereocenters. The Morgan fingerprint density at radius 3 is 2.35 bits per heavy atom. The van der Waals surface area contributed by atoms with Crippen LogP contribution in [0.4, 0.5) is 0 Å². The number of unbranched alkanes of at least 4 members (excludes halogenated alkanes) is 1. The van der Waals surface area contributed by atoms with Crippen LogP contribution in [0.1, 0.15) is 163 Å². The van der Waals surface area contributed by atoms with Gasteiger partial charge in [-0.1, -0.05) is 112 Å². The number of rotatable bonds is 17. The van der Waals surface area contributed by atoms with Gasteiger partial charge in [-0.3, -0.25) is 9.59 Å². The monoisotopic (exact) mass is 1080 g/mol. The minimum atomic E-state index is -1.73. The number of hydrogen-bond donors (Lipinski definition) is 12. The first-order valence-corrected chi connectivity index (χ1v) is 28.9. The second-order valence-corrected chi connectivity index (χ2v) is 23.5. The number of carboxylic acid groups (broad SMARTS) is 2. The van der Waals surface area contributed by atoms with Crippen LogP contribution in [0.3, 0.4) is 0 Å². The molecule has 0 radical (unpaired) electrons. The summed E-state index contributed by atoms with van der Waals surface area (Å²) in [5.41, 5.74) is 1.89. The van der Waals surface area contributed by atoms with Crippen molar-refractivity contribution in [1.29, 1.82) is 0 Å². The Kier molecular flexibility index (Phi) is 21.4. The topological polar surface area (TPSA) is 260 Å². The molecule has 4 aliphatic heterocycles. The number of phenolic OH excluding ortho intramolecular Hbond substituents is 1. The molecule has 1 saturated heterocycles. The van der Waals surface area contributed by atoms with Gasteiger partial charge in [0.1, 0.15) is 5.75 Å². The first-order chi connectivity index (χ1) is 37.3. The Bertz CT molecular complexity index is 2600. The first-order valence-electron chi connectivity index (χ1n) is 28.9. The standard InChI is InChI=1S/C64H88N2O12/c1-4-5-15-55(70)56(71)29-21-45-20-19-44-13-8-7-12-43(44)14-11-34-64(62(3,78)63(32-9-6-10-33-63)48-23-25-49(68)26-24-48)39-42-17-18-47(46(35-42)22-31-59(74)75)36-58(73)51-27-16-41(2)65-61(53(51)38-60(76)77)57(72)30-28-54(66-64)52(45)37-50(69)40-67/h7-8,12-13,17-18,21,23-26,29,35,41,50-51,53-58,61,65-73,78H,4-6,9-10,15-16,19-20,22,27-28,30-34,36-40H2,1-3H3,(H,74,75)(H,76,77)/b29-21+,52-45+/t41-,50+,51-,53-,54-,55+,56-,57-,58-,61-,62+,64-/m1/s1. The number of nitrogens with one attached hydrogen (secondary N) is 2. The zero-order chi connectivity index (χ0) is 56.2. The van der Waals surface area contributed by atoms with Gasteiger partial charge >= 0.3 is 11.9 Å². The highest BCUT2D eigenvalue weighted by Crippen LogP contribution is 2.54. The maximum Gasteiger partial charge on any atom is 0.303 e. The third-order valence-corrected chi connectivity index (χ3v) is 18.3. The number of allylic oxidation sites excluding steroid dienone is 2. The predicted molar refractivity (Wildman–Crippen MR) is 301 cm³/mol. The number of aryl methyl sites for hydroxylation is 2. The van der Waals surface area contributed by atoms with E-state index in [9.17, 15) is 60.7 Å². The van der Waals surface area contributed by atoms with Crippen LogP contribution in [0.5, 0.6) is 5.75 Å². The molecule has 0 spiro atoms. The molecule has 5 aliphatic rings. The number of benzene rings is 3. The fourth-order valence-electron chi connectivity index (χ4n) is 13.8. The van der Waals surface area contributed by atoms with Crippen molar-refractivity contribution in [3.8, 4) is 17.6 Å². The fraction of sp³-hybridized carbons (Fsp3) is 0.594. The summed E-state index contributed by atoms with van der Waals surface area (Å²) in [4.78, 5) is 25.3. The van der Waals surface area contributed by atoms with Gasteiger partial charge in [-0.2, -0.15) is 0 Å². The molecule has 78 heavy (non-hydrogen) atoms. The molecule has 14 heteroatoms. The summed E-state index contributed by atoms with van der Waals surface area (Å²) < 4.78 is 0. The molecule has 6 bridgehead atoms. The average molecular weight is 1080 g/mol. The van der Waals surface area contributed by atoms with Gasteiger partial charge in [0.25, 0.3) is 0 Å². The minimum absolute atomic E-state index is 0.0472. The van der Waals surface area contributed by atoms with Crippen LogP contribution in [-0.2, 0) is 40.7 Å². The van der Waals surface area contributed by atoms with Gasteiger partial charge in [0, 0.05) is 41.9 Å². The van der Waals surface area contributed by atoms with Crippen LogP contribution >= 0.6 is 0 Å². The smallest absolute Gasteiger partial charge is 0.303 e. The number of hydrogen-bond acceptors (Lipinski definition) is 12. The van der Waals surface area contributed by atoms with Crippen molar-refractivity contribution in [2.24, 2.45) is 11.8 Å². The van der Waals surface area contributed by atoms with Crippen molar-refractivity contribution in [3.05, 3.63) is 123 Å². The molecule has 12 N–H and O–H groups in total. The van der Waals surface area contributed by atoms with Crippen LogP contribution < -0.4 is 10.6 Å². The molecule has 2 fully saturated rings. The van der Waals surface area contributed by atoms with Crippen molar-refractivity contribution >= 4 is 11.9 Å². The molecule has 12 atom stereocenters. The van der Waals surface area contributed by atoms with E-state index in [0.717, 1.165) is 47.9 Å². The molecule has 3 aromatic carbocycles. The Morgan fingerprint density at radius 1 is 0.897 bits per heavy atom. The minimum Gasteiger partial charge on any atom is -0.508 e. The maximum absolute atomic E-state index is 14.6. The van der Waals surface area contributed by atoms with E-state index in [1.807, 2.05) is 75.4 Å². The number of carbonyl (C=O) groups is 2. The van der Waals surface area contributed by atoms with Gasteiger partial charge in [0.05, 0.1) is 54.7 Å².